The third-order valence-corrected chi connectivity index (χ3v) is 2.14. The Balaban J connectivity index is 1.94. The van der Waals surface area contributed by atoms with E-state index in [1.807, 2.05) is 24.4 Å². The summed E-state index contributed by atoms with van der Waals surface area (Å²) in [6.45, 7) is 0.898. The highest BCUT2D eigenvalue weighted by Crippen LogP contribution is 2.09. The van der Waals surface area contributed by atoms with E-state index in [2.05, 4.69) is 25.6 Å². The van der Waals surface area contributed by atoms with Gasteiger partial charge in [0.1, 0.15) is 24.5 Å². The van der Waals surface area contributed by atoms with Crippen LogP contribution in [0.25, 0.3) is 0 Å². The van der Waals surface area contributed by atoms with Crippen LogP contribution in [0.4, 0.5) is 11.6 Å². The lowest BCUT2D eigenvalue weighted by atomic mass is 10.4. The number of H-pyrrole nitrogens is 1. The summed E-state index contributed by atoms with van der Waals surface area (Å²) >= 11 is 0. The summed E-state index contributed by atoms with van der Waals surface area (Å²) in [5.41, 5.74) is 1.08. The fourth-order valence-corrected chi connectivity index (χ4v) is 1.34. The van der Waals surface area contributed by atoms with Gasteiger partial charge in [0.05, 0.1) is 12.6 Å². The smallest absolute Gasteiger partial charge is 0.132 e. The van der Waals surface area contributed by atoms with Crippen LogP contribution in [0.1, 0.15) is 5.69 Å². The molecule has 0 radical (unpaired) electrons. The zero-order valence-corrected chi connectivity index (χ0v) is 9.14. The molecule has 3 N–H and O–H groups in total. The number of hydrogen-bond acceptors (Lipinski definition) is 5. The highest BCUT2D eigenvalue weighted by Gasteiger charge is 1.98. The summed E-state index contributed by atoms with van der Waals surface area (Å²) in [5.74, 6) is 1.35. The average Bonchev–Trinajstić information content (AvgIpc) is 2.87. The molecule has 0 aliphatic heterocycles. The minimum Gasteiger partial charge on any atom is -0.364 e. The summed E-state index contributed by atoms with van der Waals surface area (Å²) < 4.78 is 0. The van der Waals surface area contributed by atoms with Crippen molar-refractivity contribution in [3.8, 4) is 6.07 Å². The van der Waals surface area contributed by atoms with Crippen molar-refractivity contribution in [3.05, 3.63) is 36.4 Å². The van der Waals surface area contributed by atoms with Crippen molar-refractivity contribution in [2.75, 3.05) is 17.2 Å². The van der Waals surface area contributed by atoms with E-state index in [9.17, 15) is 0 Å². The summed E-state index contributed by atoms with van der Waals surface area (Å²) in [5, 5.41) is 14.5. The topological polar surface area (TPSA) is 89.4 Å². The first kappa shape index (κ1) is 11.0. The first-order valence-corrected chi connectivity index (χ1v) is 5.17. The molecule has 2 aromatic heterocycles. The molecule has 2 aromatic rings. The quantitative estimate of drug-likeness (QED) is 0.672. The van der Waals surface area contributed by atoms with Crippen molar-refractivity contribution < 1.29 is 0 Å². The maximum absolute atomic E-state index is 8.45. The van der Waals surface area contributed by atoms with Crippen molar-refractivity contribution >= 4 is 11.6 Å². The number of nitriles is 1. The summed E-state index contributed by atoms with van der Waals surface area (Å²) in [4.78, 5) is 11.2. The molecule has 0 atom stereocenters. The minimum absolute atomic E-state index is 0.229. The van der Waals surface area contributed by atoms with Gasteiger partial charge in [0.25, 0.3) is 0 Å². The number of rotatable bonds is 5. The largest absolute Gasteiger partial charge is 0.364 e. The fraction of sp³-hybridized carbons (Fsp3) is 0.182. The highest BCUT2D eigenvalue weighted by molar-refractivity contribution is 5.46. The fourth-order valence-electron chi connectivity index (χ4n) is 1.34. The van der Waals surface area contributed by atoms with Gasteiger partial charge in [-0.25, -0.2) is 9.97 Å². The predicted molar refractivity (Wildman–Crippen MR) is 64.3 cm³/mol. The van der Waals surface area contributed by atoms with Crippen molar-refractivity contribution in [3.63, 3.8) is 0 Å². The maximum atomic E-state index is 8.45. The van der Waals surface area contributed by atoms with Gasteiger partial charge in [-0.15, -0.1) is 0 Å². The SMILES string of the molecule is N#CCNc1cc(NCc2ccc[nH]2)ncn1. The van der Waals surface area contributed by atoms with Gasteiger partial charge in [0.2, 0.25) is 0 Å². The van der Waals surface area contributed by atoms with Crippen LogP contribution in [-0.2, 0) is 6.54 Å². The Kier molecular flexibility index (Phi) is 3.55. The number of anilines is 2. The summed E-state index contributed by atoms with van der Waals surface area (Å²) in [6.07, 6.45) is 3.33. The second-order valence-corrected chi connectivity index (χ2v) is 3.35. The van der Waals surface area contributed by atoms with Gasteiger partial charge < -0.3 is 15.6 Å². The van der Waals surface area contributed by atoms with Crippen molar-refractivity contribution in [2.45, 2.75) is 6.54 Å². The second-order valence-electron chi connectivity index (χ2n) is 3.35. The van der Waals surface area contributed by atoms with Gasteiger partial charge in [-0.1, -0.05) is 0 Å². The number of nitrogens with one attached hydrogen (secondary N) is 3. The Morgan fingerprint density at radius 1 is 1.29 bits per heavy atom. The monoisotopic (exact) mass is 228 g/mol. The Labute approximate surface area is 98.7 Å². The van der Waals surface area contributed by atoms with E-state index in [1.54, 1.807) is 6.07 Å². The first-order chi connectivity index (χ1) is 8.38. The van der Waals surface area contributed by atoms with Crippen LogP contribution in [0.2, 0.25) is 0 Å². The number of nitrogens with zero attached hydrogens (tertiary/aromatic N) is 3. The molecule has 86 valence electrons. The van der Waals surface area contributed by atoms with Gasteiger partial charge >= 0.3 is 0 Å². The molecule has 6 nitrogen and oxygen atoms in total. The lowest BCUT2D eigenvalue weighted by molar-refractivity contribution is 1.04. The molecule has 0 amide bonds. The van der Waals surface area contributed by atoms with Crippen molar-refractivity contribution in [1.29, 1.82) is 5.26 Å². The Hall–Kier alpha value is -2.55. The van der Waals surface area contributed by atoms with E-state index in [0.29, 0.717) is 12.4 Å². The van der Waals surface area contributed by atoms with E-state index >= 15 is 0 Å². The third kappa shape index (κ3) is 3.21. The van der Waals surface area contributed by atoms with Gasteiger partial charge in [-0.3, -0.25) is 0 Å². The molecule has 0 aliphatic rings. The summed E-state index contributed by atoms with van der Waals surface area (Å²) in [7, 11) is 0. The molecule has 0 fully saturated rings. The van der Waals surface area contributed by atoms with Crippen LogP contribution >= 0.6 is 0 Å². The molecule has 0 bridgehead atoms. The van der Waals surface area contributed by atoms with E-state index in [1.165, 1.54) is 6.33 Å². The van der Waals surface area contributed by atoms with E-state index in [-0.39, 0.29) is 6.54 Å². The second kappa shape index (κ2) is 5.51. The van der Waals surface area contributed by atoms with Gasteiger partial charge in [-0.05, 0) is 12.1 Å². The maximum Gasteiger partial charge on any atom is 0.132 e. The standard InChI is InChI=1S/C11H12N6/c12-3-5-14-10-6-11(17-8-16-10)15-7-9-2-1-4-13-9/h1-2,4,6,8,13H,5,7H2,(H2,14,15,16,17). The molecule has 2 heterocycles. The lowest BCUT2D eigenvalue weighted by Crippen LogP contribution is -2.05. The van der Waals surface area contributed by atoms with Crippen LogP contribution in [-0.4, -0.2) is 21.5 Å². The Morgan fingerprint density at radius 2 is 2.12 bits per heavy atom. The van der Waals surface area contributed by atoms with E-state index < -0.39 is 0 Å². The van der Waals surface area contributed by atoms with Gasteiger partial charge in [0.15, 0.2) is 0 Å². The normalized spacial score (nSPS) is 9.59. The molecule has 17 heavy (non-hydrogen) atoms. The zero-order valence-electron chi connectivity index (χ0n) is 9.14. The van der Waals surface area contributed by atoms with Crippen LogP contribution in [0.5, 0.6) is 0 Å². The van der Waals surface area contributed by atoms with Crippen LogP contribution in [0, 0.1) is 11.3 Å². The zero-order chi connectivity index (χ0) is 11.9. The Morgan fingerprint density at radius 3 is 2.82 bits per heavy atom. The summed E-state index contributed by atoms with van der Waals surface area (Å²) in [6, 6.07) is 7.69. The molecular weight excluding hydrogens is 216 g/mol. The van der Waals surface area contributed by atoms with Crippen LogP contribution < -0.4 is 10.6 Å². The Bertz CT molecular complexity index is 499. The molecule has 2 rings (SSSR count). The molecule has 0 spiro atoms. The van der Waals surface area contributed by atoms with Gasteiger partial charge in [0, 0.05) is 18.0 Å². The van der Waals surface area contributed by atoms with E-state index in [0.717, 1.165) is 11.5 Å². The van der Waals surface area contributed by atoms with Gasteiger partial charge in [-0.2, -0.15) is 5.26 Å². The molecule has 0 unspecified atom stereocenters. The molecule has 0 saturated heterocycles. The molecule has 6 heteroatoms. The average molecular weight is 228 g/mol. The lowest BCUT2D eigenvalue weighted by Gasteiger charge is -2.05. The first-order valence-electron chi connectivity index (χ1n) is 5.17. The van der Waals surface area contributed by atoms with Crippen molar-refractivity contribution in [2.24, 2.45) is 0 Å². The van der Waals surface area contributed by atoms with Crippen LogP contribution in [0.3, 0.4) is 0 Å². The molecule has 0 aromatic carbocycles. The third-order valence-electron chi connectivity index (χ3n) is 2.14. The highest BCUT2D eigenvalue weighted by atomic mass is 15.1. The van der Waals surface area contributed by atoms with Crippen LogP contribution in [0.15, 0.2) is 30.7 Å². The number of aromatic amines is 1. The number of hydrogen-bond donors (Lipinski definition) is 3. The van der Waals surface area contributed by atoms with E-state index in [4.69, 9.17) is 5.26 Å². The number of aromatic nitrogens is 3. The predicted octanol–water partition coefficient (Wildman–Crippen LogP) is 1.35. The molecule has 0 aliphatic carbocycles. The molecule has 0 saturated carbocycles. The minimum atomic E-state index is 0.229. The molecular formula is C11H12N6. The van der Waals surface area contributed by atoms with Crippen molar-refractivity contribution in [1.82, 2.24) is 15.0 Å².